The highest BCUT2D eigenvalue weighted by Crippen LogP contribution is 2.11. The topological polar surface area (TPSA) is 110 Å². The molecule has 0 spiro atoms. The van der Waals surface area contributed by atoms with Crippen LogP contribution in [0.15, 0.2) is 12.2 Å². The van der Waals surface area contributed by atoms with Crippen LogP contribution in [0.2, 0.25) is 0 Å². The van der Waals surface area contributed by atoms with Crippen molar-refractivity contribution in [3.05, 3.63) is 12.2 Å². The highest BCUT2D eigenvalue weighted by molar-refractivity contribution is 5.86. The monoisotopic (exact) mass is 312 g/mol. The van der Waals surface area contributed by atoms with Crippen molar-refractivity contribution in [3.8, 4) is 0 Å². The molecule has 0 rings (SSSR count). The molecule has 0 aromatic heterocycles. The van der Waals surface area contributed by atoms with Gasteiger partial charge in [0, 0.05) is 6.42 Å². The van der Waals surface area contributed by atoms with Gasteiger partial charge >= 0.3 is 0 Å². The second-order valence-electron chi connectivity index (χ2n) is 5.58. The smallest absolute Gasteiger partial charge is 0.241 e. The Hall–Kier alpha value is -1.40. The Bertz CT molecular complexity index is 332. The number of unbranched alkanes of at least 4 members (excludes halogenated alkanes) is 8. The molecule has 0 aliphatic rings. The van der Waals surface area contributed by atoms with Crippen molar-refractivity contribution in [3.63, 3.8) is 0 Å². The Morgan fingerprint density at radius 2 is 1.55 bits per heavy atom. The van der Waals surface area contributed by atoms with Crippen LogP contribution in [-0.4, -0.2) is 11.8 Å². The lowest BCUT2D eigenvalue weighted by atomic mass is 10.0. The summed E-state index contributed by atoms with van der Waals surface area (Å²) in [4.78, 5) is 22.8. The molecule has 0 fully saturated rings. The normalized spacial score (nSPS) is 12.3. The van der Waals surface area contributed by atoms with Crippen LogP contribution >= 0.6 is 0 Å². The van der Waals surface area contributed by atoms with E-state index in [-0.39, 0.29) is 18.2 Å². The summed E-state index contributed by atoms with van der Waals surface area (Å²) >= 11 is 0. The third kappa shape index (κ3) is 11.3. The highest BCUT2D eigenvalue weighted by Gasteiger charge is 2.17. The first-order valence-electron chi connectivity index (χ1n) is 8.32. The molecular formula is C16H32N4O2. The number of nitrogens with one attached hydrogen (secondary N) is 2. The predicted molar refractivity (Wildman–Crippen MR) is 89.1 cm³/mol. The maximum Gasteiger partial charge on any atom is 0.241 e. The molecule has 22 heavy (non-hydrogen) atoms. The fraction of sp³-hybridized carbons (Fsp3) is 0.750. The molecule has 6 nitrogen and oxygen atoms in total. The predicted octanol–water partition coefficient (Wildman–Crippen LogP) is 2.06. The van der Waals surface area contributed by atoms with Gasteiger partial charge in [-0.05, 0) is 12.8 Å². The van der Waals surface area contributed by atoms with Gasteiger partial charge in [-0.3, -0.25) is 20.4 Å². The molecule has 0 saturated carbocycles. The molecule has 6 heteroatoms. The van der Waals surface area contributed by atoms with Crippen molar-refractivity contribution < 1.29 is 9.59 Å². The molecule has 2 amide bonds. The van der Waals surface area contributed by atoms with Crippen molar-refractivity contribution in [2.24, 2.45) is 17.6 Å². The average molecular weight is 312 g/mol. The van der Waals surface area contributed by atoms with Gasteiger partial charge in [-0.2, -0.15) is 0 Å². The Balaban J connectivity index is 3.81. The minimum atomic E-state index is -0.567. The van der Waals surface area contributed by atoms with E-state index in [1.54, 1.807) is 6.08 Å². The lowest BCUT2D eigenvalue weighted by Gasteiger charge is -2.09. The van der Waals surface area contributed by atoms with Gasteiger partial charge in [0.25, 0.3) is 0 Å². The van der Waals surface area contributed by atoms with Gasteiger partial charge in [-0.15, -0.1) is 0 Å². The van der Waals surface area contributed by atoms with Gasteiger partial charge in [0.1, 0.15) is 0 Å². The number of hydrazine groups is 2. The van der Waals surface area contributed by atoms with Crippen LogP contribution in [0.1, 0.15) is 71.1 Å². The first-order valence-corrected chi connectivity index (χ1v) is 8.32. The lowest BCUT2D eigenvalue weighted by Crippen LogP contribution is -2.39. The van der Waals surface area contributed by atoms with Gasteiger partial charge in [-0.1, -0.05) is 64.0 Å². The second kappa shape index (κ2) is 14.5. The number of rotatable bonds is 13. The van der Waals surface area contributed by atoms with E-state index in [0.29, 0.717) is 0 Å². The average Bonchev–Trinajstić information content (AvgIpc) is 2.54. The standard InChI is InChI=1S/C16H32N4O2/c1-2-3-4-5-6-7-8-9-10-11-12-14(16(22)20-18)13-15(21)19-17/h11-12,14H,2-10,13,17-18H2,1H3,(H,19,21)(H,20,22)/b12-11+. The number of carbonyl (C=O) groups is 2. The number of allylic oxidation sites excluding steroid dienone is 1. The Morgan fingerprint density at radius 3 is 2.09 bits per heavy atom. The zero-order chi connectivity index (χ0) is 16.6. The van der Waals surface area contributed by atoms with Crippen molar-refractivity contribution in [2.45, 2.75) is 71.1 Å². The molecule has 0 saturated heterocycles. The van der Waals surface area contributed by atoms with E-state index in [1.165, 1.54) is 44.9 Å². The minimum absolute atomic E-state index is 0.00740. The Morgan fingerprint density at radius 1 is 0.955 bits per heavy atom. The van der Waals surface area contributed by atoms with Crippen LogP contribution in [0, 0.1) is 5.92 Å². The van der Waals surface area contributed by atoms with Crippen LogP contribution in [0.5, 0.6) is 0 Å². The molecule has 0 aliphatic carbocycles. The molecule has 0 heterocycles. The van der Waals surface area contributed by atoms with Gasteiger partial charge < -0.3 is 0 Å². The van der Waals surface area contributed by atoms with Gasteiger partial charge in [0.05, 0.1) is 5.92 Å². The van der Waals surface area contributed by atoms with E-state index in [2.05, 4.69) is 12.3 Å². The number of nitrogens with two attached hydrogens (primary N) is 2. The van der Waals surface area contributed by atoms with E-state index in [4.69, 9.17) is 11.7 Å². The summed E-state index contributed by atoms with van der Waals surface area (Å²) in [5, 5.41) is 0. The molecule has 0 aromatic carbocycles. The molecule has 128 valence electrons. The molecule has 1 atom stereocenters. The third-order valence-corrected chi connectivity index (χ3v) is 3.64. The number of hydrogen-bond donors (Lipinski definition) is 4. The van der Waals surface area contributed by atoms with Crippen molar-refractivity contribution in [1.29, 1.82) is 0 Å². The summed E-state index contributed by atoms with van der Waals surface area (Å²) in [7, 11) is 0. The van der Waals surface area contributed by atoms with Gasteiger partial charge in [0.2, 0.25) is 11.8 Å². The maximum absolute atomic E-state index is 11.5. The number of carbonyl (C=O) groups excluding carboxylic acids is 2. The number of amides is 2. The van der Waals surface area contributed by atoms with Gasteiger partial charge in [0.15, 0.2) is 0 Å². The summed E-state index contributed by atoms with van der Waals surface area (Å²) in [6.07, 6.45) is 14.8. The second-order valence-corrected chi connectivity index (χ2v) is 5.58. The maximum atomic E-state index is 11.5. The highest BCUT2D eigenvalue weighted by atomic mass is 16.2. The zero-order valence-corrected chi connectivity index (χ0v) is 13.8. The van der Waals surface area contributed by atoms with E-state index in [9.17, 15) is 9.59 Å². The first kappa shape index (κ1) is 20.6. The fourth-order valence-corrected chi connectivity index (χ4v) is 2.27. The van der Waals surface area contributed by atoms with Crippen LogP contribution in [0.4, 0.5) is 0 Å². The summed E-state index contributed by atoms with van der Waals surface area (Å²) in [5.74, 6) is 8.81. The molecule has 0 aromatic rings. The molecular weight excluding hydrogens is 280 g/mol. The van der Waals surface area contributed by atoms with Crippen LogP contribution in [0.3, 0.4) is 0 Å². The molecule has 0 aliphatic heterocycles. The largest absolute Gasteiger partial charge is 0.294 e. The van der Waals surface area contributed by atoms with Crippen LogP contribution in [-0.2, 0) is 9.59 Å². The summed E-state index contributed by atoms with van der Waals surface area (Å²) in [5.41, 5.74) is 4.09. The van der Waals surface area contributed by atoms with E-state index in [1.807, 2.05) is 11.5 Å². The number of hydrogen-bond acceptors (Lipinski definition) is 4. The van der Waals surface area contributed by atoms with E-state index >= 15 is 0 Å². The lowest BCUT2D eigenvalue weighted by molar-refractivity contribution is -0.129. The van der Waals surface area contributed by atoms with Crippen molar-refractivity contribution >= 4 is 11.8 Å². The van der Waals surface area contributed by atoms with Crippen molar-refractivity contribution in [2.75, 3.05) is 0 Å². The Kier molecular flexibility index (Phi) is 13.6. The quantitative estimate of drug-likeness (QED) is 0.137. The summed E-state index contributed by atoms with van der Waals surface area (Å²) in [6.45, 7) is 2.22. The SMILES string of the molecule is CCCCCCCCCC/C=C/C(CC(=O)NN)C(=O)NN. The Labute approximate surface area is 134 Å². The minimum Gasteiger partial charge on any atom is -0.294 e. The molecule has 6 N–H and O–H groups in total. The van der Waals surface area contributed by atoms with Crippen LogP contribution < -0.4 is 22.5 Å². The van der Waals surface area contributed by atoms with Gasteiger partial charge in [-0.25, -0.2) is 11.7 Å². The van der Waals surface area contributed by atoms with Crippen molar-refractivity contribution in [1.82, 2.24) is 10.9 Å². The summed E-state index contributed by atoms with van der Waals surface area (Å²) < 4.78 is 0. The third-order valence-electron chi connectivity index (χ3n) is 3.64. The van der Waals surface area contributed by atoms with Crippen LogP contribution in [0.25, 0.3) is 0 Å². The fourth-order valence-electron chi connectivity index (χ4n) is 2.27. The van der Waals surface area contributed by atoms with E-state index < -0.39 is 5.92 Å². The molecule has 0 bridgehead atoms. The summed E-state index contributed by atoms with van der Waals surface area (Å²) in [6, 6.07) is 0. The molecule has 1 unspecified atom stereocenters. The van der Waals surface area contributed by atoms with E-state index in [0.717, 1.165) is 12.8 Å². The zero-order valence-electron chi connectivity index (χ0n) is 13.8. The first-order chi connectivity index (χ1) is 10.7. The molecule has 0 radical (unpaired) electrons.